The summed E-state index contributed by atoms with van der Waals surface area (Å²) in [6, 6.07) is 6.20. The van der Waals surface area contributed by atoms with Crippen LogP contribution >= 0.6 is 0 Å². The Bertz CT molecular complexity index is 742. The lowest BCUT2D eigenvalue weighted by atomic mass is 10.1. The van der Waals surface area contributed by atoms with E-state index in [1.54, 1.807) is 0 Å². The van der Waals surface area contributed by atoms with E-state index < -0.39 is 17.8 Å². The molecule has 0 spiro atoms. The highest BCUT2D eigenvalue weighted by atomic mass is 19.4. The molecule has 1 aromatic heterocycles. The lowest BCUT2D eigenvalue weighted by Crippen LogP contribution is -2.42. The molecular formula is C16H16F3N3O2. The van der Waals surface area contributed by atoms with E-state index in [4.69, 9.17) is 0 Å². The van der Waals surface area contributed by atoms with Crippen molar-refractivity contribution in [3.63, 3.8) is 0 Å². The lowest BCUT2D eigenvalue weighted by molar-refractivity contribution is -0.137. The maximum atomic E-state index is 12.8. The molecule has 0 saturated carbocycles. The van der Waals surface area contributed by atoms with E-state index in [0.29, 0.717) is 19.4 Å². The minimum atomic E-state index is -4.44. The third-order valence-corrected chi connectivity index (χ3v) is 3.93. The van der Waals surface area contributed by atoms with Crippen LogP contribution in [-0.2, 0) is 6.18 Å². The van der Waals surface area contributed by atoms with Crippen LogP contribution in [0.25, 0.3) is 5.69 Å². The summed E-state index contributed by atoms with van der Waals surface area (Å²) in [5.74, 6) is -0.334. The van der Waals surface area contributed by atoms with Crippen molar-refractivity contribution < 1.29 is 23.1 Å². The third kappa shape index (κ3) is 3.43. The molecule has 3 rings (SSSR count). The summed E-state index contributed by atoms with van der Waals surface area (Å²) in [4.78, 5) is 13.9. The minimum Gasteiger partial charge on any atom is -0.391 e. The zero-order valence-electron chi connectivity index (χ0n) is 12.7. The second kappa shape index (κ2) is 6.27. The van der Waals surface area contributed by atoms with Gasteiger partial charge in [-0.25, -0.2) is 4.68 Å². The second-order valence-electron chi connectivity index (χ2n) is 5.74. The number of aliphatic hydroxyl groups is 1. The van der Waals surface area contributed by atoms with Crippen molar-refractivity contribution in [3.8, 4) is 5.69 Å². The zero-order chi connectivity index (χ0) is 17.3. The van der Waals surface area contributed by atoms with Gasteiger partial charge in [0.25, 0.3) is 5.91 Å². The van der Waals surface area contributed by atoms with Crippen molar-refractivity contribution >= 4 is 5.91 Å². The number of nitrogens with zero attached hydrogens (tertiary/aromatic N) is 3. The number of alkyl halides is 3. The first-order valence-electron chi connectivity index (χ1n) is 7.55. The van der Waals surface area contributed by atoms with Crippen molar-refractivity contribution in [3.05, 3.63) is 47.8 Å². The molecule has 2 heterocycles. The quantitative estimate of drug-likeness (QED) is 0.915. The Labute approximate surface area is 136 Å². The Balaban J connectivity index is 1.82. The minimum absolute atomic E-state index is 0.140. The Kier molecular flexibility index (Phi) is 4.31. The van der Waals surface area contributed by atoms with Crippen LogP contribution in [0.1, 0.15) is 28.9 Å². The number of piperidine rings is 1. The first-order valence-corrected chi connectivity index (χ1v) is 7.55. The SMILES string of the molecule is O=C(c1ccn(-c2cccc(C(F)(F)F)c2)n1)N1CCCC(O)C1. The average molecular weight is 339 g/mol. The van der Waals surface area contributed by atoms with Crippen LogP contribution in [0.3, 0.4) is 0 Å². The first-order chi connectivity index (χ1) is 11.3. The molecule has 0 radical (unpaired) electrons. The van der Waals surface area contributed by atoms with Gasteiger partial charge in [-0.2, -0.15) is 18.3 Å². The number of carbonyl (C=O) groups excluding carboxylic acids is 1. The van der Waals surface area contributed by atoms with Gasteiger partial charge in [-0.3, -0.25) is 4.79 Å². The summed E-state index contributed by atoms with van der Waals surface area (Å²) in [5, 5.41) is 13.7. The molecule has 8 heteroatoms. The molecule has 1 aliphatic rings. The fraction of sp³-hybridized carbons (Fsp3) is 0.375. The standard InChI is InChI=1S/C16H16F3N3O2/c17-16(18,19)11-3-1-4-12(9-11)22-8-6-14(20-22)15(24)21-7-2-5-13(23)10-21/h1,3-4,6,8-9,13,23H,2,5,7,10H2. The van der Waals surface area contributed by atoms with Crippen LogP contribution < -0.4 is 0 Å². The Morgan fingerprint density at radius 3 is 2.79 bits per heavy atom. The van der Waals surface area contributed by atoms with Gasteiger partial charge in [0.1, 0.15) is 0 Å². The van der Waals surface area contributed by atoms with Crippen molar-refractivity contribution in [2.45, 2.75) is 25.1 Å². The molecule has 1 saturated heterocycles. The maximum absolute atomic E-state index is 12.8. The molecule has 1 N–H and O–H groups in total. The number of hydrogen-bond acceptors (Lipinski definition) is 3. The van der Waals surface area contributed by atoms with E-state index in [1.807, 2.05) is 0 Å². The van der Waals surface area contributed by atoms with E-state index in [0.717, 1.165) is 12.1 Å². The second-order valence-corrected chi connectivity index (χ2v) is 5.74. The smallest absolute Gasteiger partial charge is 0.391 e. The van der Waals surface area contributed by atoms with E-state index >= 15 is 0 Å². The normalized spacial score (nSPS) is 18.7. The Hall–Kier alpha value is -2.35. The number of likely N-dealkylation sites (tertiary alicyclic amines) is 1. The van der Waals surface area contributed by atoms with Gasteiger partial charge in [-0.15, -0.1) is 0 Å². The molecule has 0 aliphatic carbocycles. The summed E-state index contributed by atoms with van der Waals surface area (Å²) in [5.41, 5.74) is -0.411. The molecule has 24 heavy (non-hydrogen) atoms. The van der Waals surface area contributed by atoms with Crippen molar-refractivity contribution in [1.82, 2.24) is 14.7 Å². The summed E-state index contributed by atoms with van der Waals surface area (Å²) < 4.78 is 39.6. The number of amides is 1. The number of β-amino-alcohol motifs (C(OH)–C–C–N with tert-alkyl or cyclic N) is 1. The van der Waals surface area contributed by atoms with Gasteiger partial charge >= 0.3 is 6.18 Å². The largest absolute Gasteiger partial charge is 0.416 e. The van der Waals surface area contributed by atoms with E-state index in [9.17, 15) is 23.1 Å². The highest BCUT2D eigenvalue weighted by Crippen LogP contribution is 2.30. The van der Waals surface area contributed by atoms with Gasteiger partial charge in [0.05, 0.1) is 17.4 Å². The molecular weight excluding hydrogens is 323 g/mol. The molecule has 128 valence electrons. The van der Waals surface area contributed by atoms with Crippen LogP contribution in [0, 0.1) is 0 Å². The molecule has 1 aromatic carbocycles. The number of carbonyl (C=O) groups is 1. The molecule has 1 unspecified atom stereocenters. The highest BCUT2D eigenvalue weighted by molar-refractivity contribution is 5.92. The van der Waals surface area contributed by atoms with Crippen molar-refractivity contribution in [2.75, 3.05) is 13.1 Å². The monoisotopic (exact) mass is 339 g/mol. The fourth-order valence-electron chi connectivity index (χ4n) is 2.71. The number of aliphatic hydroxyl groups excluding tert-OH is 1. The first kappa shape index (κ1) is 16.5. The van der Waals surface area contributed by atoms with Gasteiger partial charge in [0, 0.05) is 19.3 Å². The summed E-state index contributed by atoms with van der Waals surface area (Å²) in [6.45, 7) is 0.779. The molecule has 1 atom stereocenters. The van der Waals surface area contributed by atoms with Gasteiger partial charge in [-0.1, -0.05) is 6.07 Å². The number of halogens is 3. The van der Waals surface area contributed by atoms with E-state index in [-0.39, 0.29) is 23.8 Å². The fourth-order valence-corrected chi connectivity index (χ4v) is 2.71. The highest BCUT2D eigenvalue weighted by Gasteiger charge is 2.30. The summed E-state index contributed by atoms with van der Waals surface area (Å²) in [6.07, 6.45) is -2.17. The van der Waals surface area contributed by atoms with E-state index in [2.05, 4.69) is 5.10 Å². The van der Waals surface area contributed by atoms with Gasteiger partial charge in [-0.05, 0) is 37.1 Å². The number of rotatable bonds is 2. The number of benzene rings is 1. The van der Waals surface area contributed by atoms with Crippen LogP contribution in [0.4, 0.5) is 13.2 Å². The number of aromatic nitrogens is 2. The van der Waals surface area contributed by atoms with Crippen LogP contribution in [0.5, 0.6) is 0 Å². The summed E-state index contributed by atoms with van der Waals surface area (Å²) >= 11 is 0. The molecule has 1 amide bonds. The third-order valence-electron chi connectivity index (χ3n) is 3.93. The van der Waals surface area contributed by atoms with Gasteiger partial charge in [0.15, 0.2) is 5.69 Å². The van der Waals surface area contributed by atoms with E-state index in [1.165, 1.54) is 34.0 Å². The Morgan fingerprint density at radius 2 is 2.08 bits per heavy atom. The van der Waals surface area contributed by atoms with Crippen LogP contribution in [0.15, 0.2) is 36.5 Å². The van der Waals surface area contributed by atoms with Crippen LogP contribution in [-0.4, -0.2) is 44.9 Å². The maximum Gasteiger partial charge on any atom is 0.416 e. The lowest BCUT2D eigenvalue weighted by Gasteiger charge is -2.29. The van der Waals surface area contributed by atoms with Gasteiger partial charge < -0.3 is 10.0 Å². The van der Waals surface area contributed by atoms with Crippen molar-refractivity contribution in [1.29, 1.82) is 0 Å². The van der Waals surface area contributed by atoms with Crippen LogP contribution in [0.2, 0.25) is 0 Å². The predicted molar refractivity (Wildman–Crippen MR) is 79.7 cm³/mol. The molecule has 1 aliphatic heterocycles. The zero-order valence-corrected chi connectivity index (χ0v) is 12.7. The molecule has 0 bridgehead atoms. The molecule has 5 nitrogen and oxygen atoms in total. The van der Waals surface area contributed by atoms with Crippen molar-refractivity contribution in [2.24, 2.45) is 0 Å². The summed E-state index contributed by atoms with van der Waals surface area (Å²) in [7, 11) is 0. The topological polar surface area (TPSA) is 58.4 Å². The molecule has 2 aromatic rings. The molecule has 1 fully saturated rings. The Morgan fingerprint density at radius 1 is 1.29 bits per heavy atom. The average Bonchev–Trinajstić information content (AvgIpc) is 3.03. The van der Waals surface area contributed by atoms with Gasteiger partial charge in [0.2, 0.25) is 0 Å². The number of hydrogen-bond donors (Lipinski definition) is 1. The predicted octanol–water partition coefficient (Wildman–Crippen LogP) is 2.49.